The van der Waals surface area contributed by atoms with Crippen LogP contribution in [-0.2, 0) is 9.59 Å². The molecule has 2 aromatic carbocycles. The molecule has 2 saturated heterocycles. The smallest absolute Gasteiger partial charge is 0.273 e. The van der Waals surface area contributed by atoms with Crippen LogP contribution in [-0.4, -0.2) is 77.4 Å². The summed E-state index contributed by atoms with van der Waals surface area (Å²) in [5.74, 6) is -0.807. The lowest BCUT2D eigenvalue weighted by atomic mass is 10.1. The number of pyridine rings is 2. The van der Waals surface area contributed by atoms with Crippen molar-refractivity contribution >= 4 is 58.4 Å². The third kappa shape index (κ3) is 6.62. The van der Waals surface area contributed by atoms with E-state index in [0.29, 0.717) is 71.4 Å². The Morgan fingerprint density at radius 1 is 0.593 bits per heavy atom. The normalized spacial score (nSPS) is 17.1. The Labute approximate surface area is 312 Å². The van der Waals surface area contributed by atoms with E-state index in [1.165, 1.54) is 0 Å². The van der Waals surface area contributed by atoms with E-state index in [1.54, 1.807) is 18.6 Å². The van der Waals surface area contributed by atoms with Crippen LogP contribution in [0.3, 0.4) is 0 Å². The van der Waals surface area contributed by atoms with Crippen molar-refractivity contribution in [2.75, 3.05) is 23.7 Å². The number of likely N-dealkylation sites (tertiary alicyclic amines) is 2. The Kier molecular flexibility index (Phi) is 9.24. The van der Waals surface area contributed by atoms with Crippen LogP contribution in [0.5, 0.6) is 0 Å². The Balaban J connectivity index is 0.861. The summed E-state index contributed by atoms with van der Waals surface area (Å²) in [5, 5.41) is 5.99. The van der Waals surface area contributed by atoms with Gasteiger partial charge in [0.15, 0.2) is 0 Å². The van der Waals surface area contributed by atoms with Crippen LogP contribution >= 0.6 is 0 Å². The second-order valence-corrected chi connectivity index (χ2v) is 13.8. The Morgan fingerprint density at radius 3 is 1.41 bits per heavy atom. The summed E-state index contributed by atoms with van der Waals surface area (Å²) in [4.78, 5) is 66.3. The van der Waals surface area contributed by atoms with E-state index in [1.807, 2.05) is 123 Å². The maximum absolute atomic E-state index is 13.6. The van der Waals surface area contributed by atoms with Gasteiger partial charge in [-0.2, -0.15) is 0 Å². The molecule has 2 fully saturated rings. The van der Waals surface area contributed by atoms with E-state index in [4.69, 9.17) is 0 Å². The van der Waals surface area contributed by atoms with Crippen molar-refractivity contribution in [1.29, 1.82) is 0 Å². The van der Waals surface area contributed by atoms with E-state index in [2.05, 4.69) is 20.6 Å². The van der Waals surface area contributed by atoms with Gasteiger partial charge in [0.25, 0.3) is 11.8 Å². The number of hydrogen-bond donors (Lipinski definition) is 2. The molecule has 2 atom stereocenters. The van der Waals surface area contributed by atoms with Gasteiger partial charge in [0.2, 0.25) is 11.8 Å². The van der Waals surface area contributed by atoms with Gasteiger partial charge in [-0.15, -0.1) is 0 Å². The first-order valence-electron chi connectivity index (χ1n) is 18.2. The summed E-state index contributed by atoms with van der Waals surface area (Å²) in [5.41, 5.74) is 6.84. The van der Waals surface area contributed by atoms with Crippen molar-refractivity contribution < 1.29 is 19.2 Å². The third-order valence-electron chi connectivity index (χ3n) is 10.3. The van der Waals surface area contributed by atoms with Gasteiger partial charge in [0.05, 0.1) is 11.4 Å². The fourth-order valence-corrected chi connectivity index (χ4v) is 7.58. The Bertz CT molecular complexity index is 2260. The molecule has 0 unspecified atom stereocenters. The molecule has 12 nitrogen and oxygen atoms in total. The largest absolute Gasteiger partial charge is 0.325 e. The predicted octanol–water partition coefficient (Wildman–Crippen LogP) is 6.26. The number of nitrogens with zero attached hydrogens (tertiary/aromatic N) is 6. The molecule has 2 aliphatic rings. The van der Waals surface area contributed by atoms with Gasteiger partial charge in [-0.05, 0) is 99.2 Å². The number of anilines is 2. The van der Waals surface area contributed by atoms with Gasteiger partial charge in [0, 0.05) is 36.9 Å². The zero-order valence-corrected chi connectivity index (χ0v) is 30.1. The molecular formula is C42H40N8O4. The lowest BCUT2D eigenvalue weighted by Crippen LogP contribution is -2.43. The highest BCUT2D eigenvalue weighted by atomic mass is 16.2. The Morgan fingerprint density at radius 2 is 1.00 bits per heavy atom. The SMILES string of the molecule is Cc1nc2ccccn2c1C(=O)N1CCC[C@@H]1C(=O)Nc1ccc(/C=C/c2ccc(NC(=O)[C@H]3CCCN3C(=O)c3c(C)nc4ccccn34)cc2)cc1. The van der Waals surface area contributed by atoms with Gasteiger partial charge in [-0.1, -0.05) is 48.6 Å². The highest BCUT2D eigenvalue weighted by molar-refractivity contribution is 6.03. The molecule has 54 heavy (non-hydrogen) atoms. The molecule has 2 aliphatic heterocycles. The molecule has 6 heterocycles. The molecule has 0 spiro atoms. The molecule has 8 rings (SSSR count). The van der Waals surface area contributed by atoms with Crippen LogP contribution < -0.4 is 10.6 Å². The van der Waals surface area contributed by atoms with E-state index in [9.17, 15) is 19.2 Å². The number of amides is 4. The average Bonchev–Trinajstić information content (AvgIpc) is 3.99. The van der Waals surface area contributed by atoms with Crippen LogP contribution in [0.15, 0.2) is 97.3 Å². The van der Waals surface area contributed by atoms with E-state index in [-0.39, 0.29) is 23.6 Å². The number of carbonyl (C=O) groups excluding carboxylic acids is 4. The van der Waals surface area contributed by atoms with Crippen molar-refractivity contribution in [3.63, 3.8) is 0 Å². The number of aromatic nitrogens is 4. The topological polar surface area (TPSA) is 133 Å². The first-order valence-corrected chi connectivity index (χ1v) is 18.2. The Hall–Kier alpha value is -6.56. The van der Waals surface area contributed by atoms with Gasteiger partial charge in [-0.25, -0.2) is 9.97 Å². The second kappa shape index (κ2) is 14.5. The summed E-state index contributed by atoms with van der Waals surface area (Å²) in [7, 11) is 0. The number of benzene rings is 2. The summed E-state index contributed by atoms with van der Waals surface area (Å²) < 4.78 is 3.57. The maximum atomic E-state index is 13.6. The summed E-state index contributed by atoms with van der Waals surface area (Å²) >= 11 is 0. The molecule has 0 radical (unpaired) electrons. The first-order chi connectivity index (χ1) is 26.2. The predicted molar refractivity (Wildman–Crippen MR) is 207 cm³/mol. The number of imidazole rings is 2. The highest BCUT2D eigenvalue weighted by Gasteiger charge is 2.37. The lowest BCUT2D eigenvalue weighted by molar-refractivity contribution is -0.120. The zero-order valence-electron chi connectivity index (χ0n) is 30.1. The molecule has 2 N–H and O–H groups in total. The monoisotopic (exact) mass is 720 g/mol. The molecular weight excluding hydrogens is 681 g/mol. The summed E-state index contributed by atoms with van der Waals surface area (Å²) in [6, 6.07) is 25.1. The van der Waals surface area contributed by atoms with Gasteiger partial charge in [-0.3, -0.25) is 28.0 Å². The second-order valence-electron chi connectivity index (χ2n) is 13.8. The van der Waals surface area contributed by atoms with E-state index in [0.717, 1.165) is 24.0 Å². The van der Waals surface area contributed by atoms with Crippen molar-refractivity contribution in [1.82, 2.24) is 28.6 Å². The van der Waals surface area contributed by atoms with Crippen LogP contribution in [0.4, 0.5) is 11.4 Å². The molecule has 272 valence electrons. The average molecular weight is 721 g/mol. The zero-order chi connectivity index (χ0) is 37.3. The van der Waals surface area contributed by atoms with Crippen molar-refractivity contribution in [3.8, 4) is 0 Å². The number of hydrogen-bond acceptors (Lipinski definition) is 6. The minimum atomic E-state index is -0.564. The van der Waals surface area contributed by atoms with E-state index < -0.39 is 12.1 Å². The highest BCUT2D eigenvalue weighted by Crippen LogP contribution is 2.26. The summed E-state index contributed by atoms with van der Waals surface area (Å²) in [6.07, 6.45) is 10.3. The fraction of sp³-hybridized carbons (Fsp3) is 0.238. The number of rotatable bonds is 8. The first kappa shape index (κ1) is 34.5. The van der Waals surface area contributed by atoms with Crippen molar-refractivity contribution in [3.05, 3.63) is 131 Å². The molecule has 12 heteroatoms. The third-order valence-corrected chi connectivity index (χ3v) is 10.3. The van der Waals surface area contributed by atoms with Gasteiger partial charge < -0.3 is 20.4 Å². The standard InChI is InChI=1S/C42H40N8O4/c1-27-37(49-23-5-3-11-35(49)43-27)41(53)47-25-7-9-33(47)39(51)45-31-19-15-29(16-20-31)13-14-30-17-21-32(22-18-30)46-40(52)34-10-8-26-48(34)42(54)38-28(2)44-36-12-4-6-24-50(36)38/h3-6,11-24,33-34H,7-10,25-26H2,1-2H3,(H,45,51)(H,46,52)/b14-13+/t33-,34-/m1/s1. The quantitative estimate of drug-likeness (QED) is 0.179. The molecule has 0 bridgehead atoms. The van der Waals surface area contributed by atoms with Crippen LogP contribution in [0.25, 0.3) is 23.4 Å². The molecule has 0 saturated carbocycles. The minimum absolute atomic E-state index is 0.192. The van der Waals surface area contributed by atoms with Crippen molar-refractivity contribution in [2.24, 2.45) is 0 Å². The van der Waals surface area contributed by atoms with Gasteiger partial charge >= 0.3 is 0 Å². The number of fused-ring (bicyclic) bond motifs is 2. The number of aryl methyl sites for hydroxylation is 2. The number of nitrogens with one attached hydrogen (secondary N) is 2. The number of carbonyl (C=O) groups is 4. The minimum Gasteiger partial charge on any atom is -0.325 e. The lowest BCUT2D eigenvalue weighted by Gasteiger charge is -2.24. The fourth-order valence-electron chi connectivity index (χ4n) is 7.58. The molecule has 6 aromatic rings. The van der Waals surface area contributed by atoms with Crippen LogP contribution in [0.2, 0.25) is 0 Å². The van der Waals surface area contributed by atoms with Crippen molar-refractivity contribution in [2.45, 2.75) is 51.6 Å². The molecule has 4 amide bonds. The van der Waals surface area contributed by atoms with Crippen LogP contribution in [0.1, 0.15) is 69.2 Å². The maximum Gasteiger partial charge on any atom is 0.273 e. The molecule has 4 aromatic heterocycles. The van der Waals surface area contributed by atoms with Crippen LogP contribution in [0, 0.1) is 13.8 Å². The summed E-state index contributed by atoms with van der Waals surface area (Å²) in [6.45, 7) is 4.66. The van der Waals surface area contributed by atoms with E-state index >= 15 is 0 Å². The van der Waals surface area contributed by atoms with Gasteiger partial charge in [0.1, 0.15) is 34.8 Å². The molecule has 0 aliphatic carbocycles.